The van der Waals surface area contributed by atoms with Gasteiger partial charge in [0.2, 0.25) is 0 Å². The number of halogens is 2. The predicted molar refractivity (Wildman–Crippen MR) is 150 cm³/mol. The van der Waals surface area contributed by atoms with E-state index in [2.05, 4.69) is 11.8 Å². The number of hydrogen-bond acceptors (Lipinski definition) is 6. The summed E-state index contributed by atoms with van der Waals surface area (Å²) in [6, 6.07) is 13.2. The van der Waals surface area contributed by atoms with Crippen LogP contribution in [-0.2, 0) is 11.2 Å². The molecule has 1 amide bonds. The van der Waals surface area contributed by atoms with Gasteiger partial charge in [-0.3, -0.25) is 4.79 Å². The second-order valence-electron chi connectivity index (χ2n) is 9.70. The zero-order valence-electron chi connectivity index (χ0n) is 22.2. The van der Waals surface area contributed by atoms with E-state index in [9.17, 15) is 9.18 Å². The van der Waals surface area contributed by atoms with Crippen molar-refractivity contribution < 1.29 is 13.9 Å². The van der Waals surface area contributed by atoms with Crippen molar-refractivity contribution in [2.75, 3.05) is 37.7 Å². The van der Waals surface area contributed by atoms with Gasteiger partial charge in [-0.1, -0.05) is 24.9 Å². The molecule has 3 heterocycles. The van der Waals surface area contributed by atoms with Gasteiger partial charge in [-0.25, -0.2) is 19.0 Å². The van der Waals surface area contributed by atoms with E-state index in [1.54, 1.807) is 41.1 Å². The number of ether oxygens (including phenoxy) is 1. The number of amides is 1. The van der Waals surface area contributed by atoms with E-state index in [0.29, 0.717) is 36.1 Å². The lowest BCUT2D eigenvalue weighted by Gasteiger charge is -2.24. The Bertz CT molecular complexity index is 1440. The Kier molecular flexibility index (Phi) is 8.26. The molecule has 0 spiro atoms. The fourth-order valence-corrected chi connectivity index (χ4v) is 4.92. The number of unbranched alkanes of at least 4 members (excludes halogenated alkanes) is 1. The van der Waals surface area contributed by atoms with Gasteiger partial charge < -0.3 is 14.5 Å². The first-order valence-corrected chi connectivity index (χ1v) is 13.7. The third kappa shape index (κ3) is 6.14. The second kappa shape index (κ2) is 12.0. The summed E-state index contributed by atoms with van der Waals surface area (Å²) in [7, 11) is 0. The molecule has 8 nitrogen and oxygen atoms in total. The molecule has 39 heavy (non-hydrogen) atoms. The van der Waals surface area contributed by atoms with Crippen molar-refractivity contribution in [3.05, 3.63) is 70.9 Å². The lowest BCUT2D eigenvalue weighted by Crippen LogP contribution is -2.38. The molecule has 2 aromatic carbocycles. The van der Waals surface area contributed by atoms with Crippen molar-refractivity contribution in [1.82, 2.24) is 24.6 Å². The van der Waals surface area contributed by atoms with Gasteiger partial charge in [0.1, 0.15) is 23.2 Å². The highest BCUT2D eigenvalue weighted by Gasteiger charge is 2.25. The predicted octanol–water partition coefficient (Wildman–Crippen LogP) is 5.38. The van der Waals surface area contributed by atoms with E-state index < -0.39 is 0 Å². The number of carbonyl (C=O) groups is 1. The topological polar surface area (TPSA) is 76.4 Å². The van der Waals surface area contributed by atoms with Crippen LogP contribution in [-0.4, -0.2) is 63.3 Å². The SMILES string of the molecule is CCCCc1nc(N2CCCN(C(=O)COc3ccc(Cl)cc3)CC2)c2c(C)nn(-c3ccc(F)cc3)c2n1. The first kappa shape index (κ1) is 26.9. The van der Waals surface area contributed by atoms with E-state index in [1.807, 2.05) is 11.8 Å². The van der Waals surface area contributed by atoms with Gasteiger partial charge in [0.05, 0.1) is 16.8 Å². The number of aryl methyl sites for hydroxylation is 2. The van der Waals surface area contributed by atoms with Crippen LogP contribution in [0.15, 0.2) is 48.5 Å². The fraction of sp³-hybridized carbons (Fsp3) is 0.379. The number of fused-ring (bicyclic) bond motifs is 1. The minimum atomic E-state index is -0.298. The van der Waals surface area contributed by atoms with E-state index in [4.69, 9.17) is 31.4 Å². The van der Waals surface area contributed by atoms with Crippen molar-refractivity contribution in [1.29, 1.82) is 0 Å². The minimum absolute atomic E-state index is 0.0237. The van der Waals surface area contributed by atoms with E-state index >= 15 is 0 Å². The van der Waals surface area contributed by atoms with Crippen LogP contribution in [0.4, 0.5) is 10.2 Å². The van der Waals surface area contributed by atoms with Crippen molar-refractivity contribution in [3.63, 3.8) is 0 Å². The van der Waals surface area contributed by atoms with Gasteiger partial charge >= 0.3 is 0 Å². The average Bonchev–Trinajstić information content (AvgIpc) is 3.11. The number of carbonyl (C=O) groups excluding carboxylic acids is 1. The Hall–Kier alpha value is -3.72. The van der Waals surface area contributed by atoms with Crippen LogP contribution in [0.25, 0.3) is 16.7 Å². The van der Waals surface area contributed by atoms with Crippen molar-refractivity contribution in [2.24, 2.45) is 0 Å². The number of anilines is 1. The highest BCUT2D eigenvalue weighted by Crippen LogP contribution is 2.30. The molecular formula is C29H32ClFN6O2. The molecule has 0 radical (unpaired) electrons. The van der Waals surface area contributed by atoms with Crippen LogP contribution in [0.1, 0.15) is 37.7 Å². The minimum Gasteiger partial charge on any atom is -0.484 e. The Morgan fingerprint density at radius 3 is 2.54 bits per heavy atom. The highest BCUT2D eigenvalue weighted by molar-refractivity contribution is 6.30. The molecule has 0 aliphatic carbocycles. The number of benzene rings is 2. The molecule has 0 atom stereocenters. The Morgan fingerprint density at radius 1 is 1.03 bits per heavy atom. The summed E-state index contributed by atoms with van der Waals surface area (Å²) in [6.07, 6.45) is 3.57. The Balaban J connectivity index is 1.39. The summed E-state index contributed by atoms with van der Waals surface area (Å²) in [6.45, 7) is 6.65. The first-order valence-electron chi connectivity index (χ1n) is 13.4. The molecule has 1 aliphatic rings. The summed E-state index contributed by atoms with van der Waals surface area (Å²) in [5.74, 6) is 1.86. The van der Waals surface area contributed by atoms with Crippen molar-refractivity contribution in [2.45, 2.75) is 39.5 Å². The molecule has 5 rings (SSSR count). The largest absolute Gasteiger partial charge is 0.484 e. The lowest BCUT2D eigenvalue weighted by molar-refractivity contribution is -0.133. The molecule has 1 fully saturated rings. The summed E-state index contributed by atoms with van der Waals surface area (Å²) >= 11 is 5.93. The number of rotatable bonds is 8. The van der Waals surface area contributed by atoms with Gasteiger partial charge in [0.25, 0.3) is 5.91 Å². The smallest absolute Gasteiger partial charge is 0.260 e. The summed E-state index contributed by atoms with van der Waals surface area (Å²) in [5.41, 5.74) is 2.26. The molecular weight excluding hydrogens is 519 g/mol. The monoisotopic (exact) mass is 550 g/mol. The average molecular weight is 551 g/mol. The number of aromatic nitrogens is 4. The standard InChI is InChI=1S/C29H32ClFN6O2/c1-3-4-6-25-32-28(27-20(2)34-37(29(27)33-25)23-11-9-22(31)10-12-23)36-16-5-15-35(17-18-36)26(38)19-39-24-13-7-21(30)8-14-24/h7-14H,3-6,15-19H2,1-2H3. The van der Waals surface area contributed by atoms with Gasteiger partial charge in [-0.2, -0.15) is 5.10 Å². The maximum Gasteiger partial charge on any atom is 0.260 e. The van der Waals surface area contributed by atoms with E-state index in [-0.39, 0.29) is 18.3 Å². The molecule has 4 aromatic rings. The van der Waals surface area contributed by atoms with Gasteiger partial charge in [-0.05, 0) is 68.3 Å². The second-order valence-corrected chi connectivity index (χ2v) is 10.1. The molecule has 1 aliphatic heterocycles. The number of hydrogen-bond donors (Lipinski definition) is 0. The third-order valence-corrected chi connectivity index (χ3v) is 7.13. The summed E-state index contributed by atoms with van der Waals surface area (Å²) in [5, 5.41) is 6.27. The normalized spacial score (nSPS) is 14.1. The maximum atomic E-state index is 13.6. The van der Waals surface area contributed by atoms with Crippen LogP contribution < -0.4 is 9.64 Å². The van der Waals surface area contributed by atoms with Gasteiger partial charge in [-0.15, -0.1) is 0 Å². The van der Waals surface area contributed by atoms with Crippen LogP contribution in [0.5, 0.6) is 5.75 Å². The van der Waals surface area contributed by atoms with E-state index in [1.165, 1.54) is 12.1 Å². The quantitative estimate of drug-likeness (QED) is 0.293. The molecule has 0 saturated carbocycles. The zero-order chi connectivity index (χ0) is 27.4. The van der Waals surface area contributed by atoms with Gasteiger partial charge in [0, 0.05) is 37.6 Å². The maximum absolute atomic E-state index is 13.6. The van der Waals surface area contributed by atoms with E-state index in [0.717, 1.165) is 60.6 Å². The molecule has 0 bridgehead atoms. The van der Waals surface area contributed by atoms with Gasteiger partial charge in [0.15, 0.2) is 12.3 Å². The summed E-state index contributed by atoms with van der Waals surface area (Å²) in [4.78, 5) is 26.9. The summed E-state index contributed by atoms with van der Waals surface area (Å²) < 4.78 is 21.1. The fourth-order valence-electron chi connectivity index (χ4n) is 4.79. The molecule has 0 N–H and O–H groups in total. The Morgan fingerprint density at radius 2 is 1.79 bits per heavy atom. The van der Waals surface area contributed by atoms with Crippen LogP contribution in [0.2, 0.25) is 5.02 Å². The number of nitrogens with zero attached hydrogens (tertiary/aromatic N) is 6. The van der Waals surface area contributed by atoms with Crippen LogP contribution in [0.3, 0.4) is 0 Å². The molecule has 0 unspecified atom stereocenters. The molecule has 1 saturated heterocycles. The molecule has 204 valence electrons. The van der Waals surface area contributed by atoms with Crippen LogP contribution in [0, 0.1) is 12.7 Å². The molecule has 10 heteroatoms. The first-order chi connectivity index (χ1) is 18.9. The van der Waals surface area contributed by atoms with Crippen LogP contribution >= 0.6 is 11.6 Å². The van der Waals surface area contributed by atoms with Crippen molar-refractivity contribution in [3.8, 4) is 11.4 Å². The Labute approximate surface area is 232 Å². The third-order valence-electron chi connectivity index (χ3n) is 6.88. The molecule has 2 aromatic heterocycles. The zero-order valence-corrected chi connectivity index (χ0v) is 23.0. The van der Waals surface area contributed by atoms with Crippen molar-refractivity contribution >= 4 is 34.4 Å². The lowest BCUT2D eigenvalue weighted by atomic mass is 10.2. The highest BCUT2D eigenvalue weighted by atomic mass is 35.5.